The van der Waals surface area contributed by atoms with Gasteiger partial charge in [-0.25, -0.2) is 0 Å². The highest BCUT2D eigenvalue weighted by molar-refractivity contribution is 5.95. The molecule has 0 aliphatic rings. The number of hydrogen-bond acceptors (Lipinski definition) is 3. The number of aromatic nitrogens is 1. The van der Waals surface area contributed by atoms with E-state index in [0.717, 1.165) is 5.69 Å². The second-order valence-corrected chi connectivity index (χ2v) is 3.71. The van der Waals surface area contributed by atoms with Crippen LogP contribution in [0, 0.1) is 0 Å². The Morgan fingerprint density at radius 3 is 2.65 bits per heavy atom. The van der Waals surface area contributed by atoms with Gasteiger partial charge in [-0.05, 0) is 24.3 Å². The predicted octanol–water partition coefficient (Wildman–Crippen LogP) is 2.77. The van der Waals surface area contributed by atoms with Crippen LogP contribution in [0.2, 0.25) is 0 Å². The Morgan fingerprint density at radius 2 is 1.94 bits per heavy atom. The maximum absolute atomic E-state index is 11.8. The molecule has 0 saturated carbocycles. The van der Waals surface area contributed by atoms with Crippen molar-refractivity contribution in [3.63, 3.8) is 0 Å². The lowest BCUT2D eigenvalue weighted by atomic mass is 10.1. The number of Topliss-reactive ketones (excluding diaryl/α,β-unsaturated/α-hetero) is 1. The third-order valence-corrected chi connectivity index (χ3v) is 2.44. The fourth-order valence-electron chi connectivity index (χ4n) is 1.55. The number of nitrogens with one attached hydrogen (secondary N) is 1. The van der Waals surface area contributed by atoms with Crippen LogP contribution in [-0.4, -0.2) is 17.3 Å². The van der Waals surface area contributed by atoms with Gasteiger partial charge in [0.05, 0.1) is 0 Å². The summed E-state index contributed by atoms with van der Waals surface area (Å²) in [5, 5.41) is 3.20. The van der Waals surface area contributed by atoms with Gasteiger partial charge in [-0.1, -0.05) is 18.2 Å². The minimum Gasteiger partial charge on any atom is -0.385 e. The molecule has 0 bridgehead atoms. The topological polar surface area (TPSA) is 42.0 Å². The number of pyridine rings is 1. The monoisotopic (exact) mass is 226 g/mol. The number of carbonyl (C=O) groups excluding carboxylic acids is 1. The number of hydrogen-bond donors (Lipinski definition) is 1. The Labute approximate surface area is 101 Å². The smallest absolute Gasteiger partial charge is 0.166 e. The Bertz CT molecular complexity index is 468. The van der Waals surface area contributed by atoms with Crippen molar-refractivity contribution in [3.05, 3.63) is 60.4 Å². The lowest BCUT2D eigenvalue weighted by molar-refractivity contribution is 0.0986. The lowest BCUT2D eigenvalue weighted by Crippen LogP contribution is -2.08. The van der Waals surface area contributed by atoms with E-state index in [0.29, 0.717) is 18.5 Å². The number of ketones is 1. The molecular formula is C14H14N2O. The molecule has 86 valence electrons. The number of benzene rings is 1. The molecule has 0 radical (unpaired) electrons. The molecule has 0 aliphatic carbocycles. The van der Waals surface area contributed by atoms with Crippen molar-refractivity contribution < 1.29 is 4.79 Å². The maximum Gasteiger partial charge on any atom is 0.166 e. The van der Waals surface area contributed by atoms with E-state index in [9.17, 15) is 4.79 Å². The van der Waals surface area contributed by atoms with Gasteiger partial charge < -0.3 is 5.32 Å². The predicted molar refractivity (Wildman–Crippen MR) is 68.1 cm³/mol. The average molecular weight is 226 g/mol. The van der Waals surface area contributed by atoms with E-state index in [1.807, 2.05) is 30.3 Å². The molecule has 0 atom stereocenters. The van der Waals surface area contributed by atoms with Crippen molar-refractivity contribution in [2.45, 2.75) is 6.42 Å². The minimum absolute atomic E-state index is 0.113. The summed E-state index contributed by atoms with van der Waals surface area (Å²) in [5.74, 6) is 0.113. The summed E-state index contributed by atoms with van der Waals surface area (Å²) in [6, 6.07) is 13.4. The van der Waals surface area contributed by atoms with Gasteiger partial charge >= 0.3 is 0 Å². The normalized spacial score (nSPS) is 9.88. The van der Waals surface area contributed by atoms with Crippen molar-refractivity contribution in [3.8, 4) is 0 Å². The van der Waals surface area contributed by atoms with Crippen LogP contribution in [0.1, 0.15) is 16.8 Å². The van der Waals surface area contributed by atoms with Crippen LogP contribution >= 0.6 is 0 Å². The van der Waals surface area contributed by atoms with Crippen molar-refractivity contribution in [1.82, 2.24) is 4.98 Å². The second-order valence-electron chi connectivity index (χ2n) is 3.71. The number of para-hydroxylation sites is 1. The molecule has 1 N–H and O–H groups in total. The van der Waals surface area contributed by atoms with Crippen LogP contribution in [0.25, 0.3) is 0 Å². The fraction of sp³-hybridized carbons (Fsp3) is 0.143. The molecule has 0 aliphatic heterocycles. The van der Waals surface area contributed by atoms with E-state index in [-0.39, 0.29) is 5.78 Å². The number of anilines is 1. The van der Waals surface area contributed by atoms with Gasteiger partial charge in [-0.15, -0.1) is 0 Å². The Balaban J connectivity index is 1.82. The number of rotatable bonds is 5. The highest BCUT2D eigenvalue weighted by atomic mass is 16.1. The van der Waals surface area contributed by atoms with E-state index in [2.05, 4.69) is 10.3 Å². The average Bonchev–Trinajstić information content (AvgIpc) is 2.41. The molecule has 3 nitrogen and oxygen atoms in total. The van der Waals surface area contributed by atoms with E-state index in [1.165, 1.54) is 0 Å². The highest BCUT2D eigenvalue weighted by Crippen LogP contribution is 2.06. The van der Waals surface area contributed by atoms with Crippen LogP contribution in [-0.2, 0) is 0 Å². The van der Waals surface area contributed by atoms with E-state index >= 15 is 0 Å². The third kappa shape index (κ3) is 3.41. The zero-order valence-electron chi connectivity index (χ0n) is 9.47. The van der Waals surface area contributed by atoms with Gasteiger partial charge in [0.1, 0.15) is 0 Å². The largest absolute Gasteiger partial charge is 0.385 e. The molecule has 1 aromatic carbocycles. The maximum atomic E-state index is 11.8. The summed E-state index contributed by atoms with van der Waals surface area (Å²) in [6.45, 7) is 0.637. The van der Waals surface area contributed by atoms with Crippen LogP contribution in [0.3, 0.4) is 0 Å². The van der Waals surface area contributed by atoms with Gasteiger partial charge in [-0.3, -0.25) is 9.78 Å². The molecule has 2 rings (SSSR count). The first-order chi connectivity index (χ1) is 8.36. The summed E-state index contributed by atoms with van der Waals surface area (Å²) in [4.78, 5) is 15.7. The van der Waals surface area contributed by atoms with Crippen LogP contribution in [0.5, 0.6) is 0 Å². The number of nitrogens with zero attached hydrogens (tertiary/aromatic N) is 1. The molecule has 0 amide bonds. The van der Waals surface area contributed by atoms with Crippen LogP contribution in [0.15, 0.2) is 54.9 Å². The van der Waals surface area contributed by atoms with Gasteiger partial charge in [0.2, 0.25) is 0 Å². The molecule has 0 unspecified atom stereocenters. The summed E-state index contributed by atoms with van der Waals surface area (Å²) >= 11 is 0. The standard InChI is InChI=1S/C14H14N2O/c17-14(12-5-4-9-15-11-12)8-10-16-13-6-2-1-3-7-13/h1-7,9,11,16H,8,10H2. The Hall–Kier alpha value is -2.16. The quantitative estimate of drug-likeness (QED) is 0.797. The molecule has 1 heterocycles. The molecule has 1 aromatic heterocycles. The van der Waals surface area contributed by atoms with Crippen LogP contribution in [0.4, 0.5) is 5.69 Å². The first kappa shape index (κ1) is 11.3. The Morgan fingerprint density at radius 1 is 1.12 bits per heavy atom. The molecule has 0 saturated heterocycles. The summed E-state index contributed by atoms with van der Waals surface area (Å²) in [5.41, 5.74) is 1.70. The summed E-state index contributed by atoms with van der Waals surface area (Å²) in [6.07, 6.45) is 3.74. The lowest BCUT2D eigenvalue weighted by Gasteiger charge is -2.05. The van der Waals surface area contributed by atoms with E-state index in [1.54, 1.807) is 24.5 Å². The Kier molecular flexibility index (Phi) is 3.86. The van der Waals surface area contributed by atoms with Crippen molar-refractivity contribution in [1.29, 1.82) is 0 Å². The summed E-state index contributed by atoms with van der Waals surface area (Å²) in [7, 11) is 0. The minimum atomic E-state index is 0.113. The van der Waals surface area contributed by atoms with Crippen molar-refractivity contribution in [2.24, 2.45) is 0 Å². The molecule has 2 aromatic rings. The van der Waals surface area contributed by atoms with Crippen LogP contribution < -0.4 is 5.32 Å². The fourth-order valence-corrected chi connectivity index (χ4v) is 1.55. The van der Waals surface area contributed by atoms with Crippen molar-refractivity contribution in [2.75, 3.05) is 11.9 Å². The van der Waals surface area contributed by atoms with Gasteiger partial charge in [0, 0.05) is 36.6 Å². The second kappa shape index (κ2) is 5.80. The van der Waals surface area contributed by atoms with Crippen molar-refractivity contribution >= 4 is 11.5 Å². The highest BCUT2D eigenvalue weighted by Gasteiger charge is 2.04. The number of carbonyl (C=O) groups is 1. The van der Waals surface area contributed by atoms with E-state index in [4.69, 9.17) is 0 Å². The third-order valence-electron chi connectivity index (χ3n) is 2.44. The molecule has 3 heteroatoms. The van der Waals surface area contributed by atoms with Gasteiger partial charge in [0.15, 0.2) is 5.78 Å². The zero-order valence-corrected chi connectivity index (χ0v) is 9.47. The van der Waals surface area contributed by atoms with Gasteiger partial charge in [0.25, 0.3) is 0 Å². The first-order valence-corrected chi connectivity index (χ1v) is 5.58. The van der Waals surface area contributed by atoms with E-state index < -0.39 is 0 Å². The summed E-state index contributed by atoms with van der Waals surface area (Å²) < 4.78 is 0. The SMILES string of the molecule is O=C(CCNc1ccccc1)c1cccnc1. The molecule has 0 spiro atoms. The first-order valence-electron chi connectivity index (χ1n) is 5.58. The van der Waals surface area contributed by atoms with Gasteiger partial charge in [-0.2, -0.15) is 0 Å². The molecule has 0 fully saturated rings. The molecule has 17 heavy (non-hydrogen) atoms. The molecular weight excluding hydrogens is 212 g/mol. The zero-order chi connectivity index (χ0) is 11.9.